The summed E-state index contributed by atoms with van der Waals surface area (Å²) in [4.78, 5) is 14.4. The highest BCUT2D eigenvalue weighted by atomic mass is 16.5. The van der Waals surface area contributed by atoms with Gasteiger partial charge < -0.3 is 15.0 Å². The van der Waals surface area contributed by atoms with Crippen LogP contribution in [0, 0.1) is 5.41 Å². The molecule has 0 aromatic carbocycles. The number of hydrogen-bond donors (Lipinski definition) is 1. The smallest absolute Gasteiger partial charge is 0.242 e. The van der Waals surface area contributed by atoms with Gasteiger partial charge in [0.2, 0.25) is 5.91 Å². The van der Waals surface area contributed by atoms with E-state index in [4.69, 9.17) is 4.74 Å². The minimum absolute atomic E-state index is 0.0768. The van der Waals surface area contributed by atoms with Crippen molar-refractivity contribution in [3.05, 3.63) is 23.8 Å². The van der Waals surface area contributed by atoms with Crippen molar-refractivity contribution < 1.29 is 9.53 Å². The molecule has 0 spiro atoms. The predicted octanol–water partition coefficient (Wildman–Crippen LogP) is 1.34. The summed E-state index contributed by atoms with van der Waals surface area (Å²) in [6.07, 6.45) is 6.45. The summed E-state index contributed by atoms with van der Waals surface area (Å²) in [6.45, 7) is 8.22. The number of allylic oxidation sites excluding steroid dienone is 2. The normalized spacial score (nSPS) is 30.4. The van der Waals surface area contributed by atoms with Crippen LogP contribution in [0.4, 0.5) is 0 Å². The lowest BCUT2D eigenvalue weighted by Crippen LogP contribution is -2.49. The molecule has 2 atom stereocenters. The number of amides is 1. The molecular weight excluding hydrogens is 240 g/mol. The molecule has 0 saturated carbocycles. The van der Waals surface area contributed by atoms with E-state index in [1.165, 1.54) is 5.57 Å². The number of carbonyl (C=O) groups excluding carboxylic acids is 1. The molecular formula is C15H24N2O2. The molecule has 0 bridgehead atoms. The maximum absolute atomic E-state index is 12.5. The molecule has 1 heterocycles. The average Bonchev–Trinajstić information content (AvgIpc) is 2.61. The number of likely N-dealkylation sites (N-methyl/N-ethyl adjacent to an activating group) is 1. The Balaban J connectivity index is 2.08. The maximum atomic E-state index is 12.5. The van der Waals surface area contributed by atoms with Crippen molar-refractivity contribution in [3.63, 3.8) is 0 Å². The van der Waals surface area contributed by atoms with Gasteiger partial charge in [-0.2, -0.15) is 0 Å². The first-order valence-electron chi connectivity index (χ1n) is 6.91. The second kappa shape index (κ2) is 5.47. The van der Waals surface area contributed by atoms with Crippen LogP contribution >= 0.6 is 0 Å². The summed E-state index contributed by atoms with van der Waals surface area (Å²) in [7, 11) is 1.81. The molecule has 4 heteroatoms. The number of hydrogen-bond acceptors (Lipinski definition) is 3. The van der Waals surface area contributed by atoms with Gasteiger partial charge >= 0.3 is 0 Å². The van der Waals surface area contributed by atoms with Gasteiger partial charge in [0.25, 0.3) is 0 Å². The van der Waals surface area contributed by atoms with E-state index in [0.717, 1.165) is 0 Å². The zero-order valence-corrected chi connectivity index (χ0v) is 12.3. The van der Waals surface area contributed by atoms with Crippen molar-refractivity contribution >= 4 is 5.91 Å². The van der Waals surface area contributed by atoms with E-state index < -0.39 is 0 Å². The molecule has 2 unspecified atom stereocenters. The number of nitrogens with one attached hydrogen (secondary N) is 1. The van der Waals surface area contributed by atoms with Crippen LogP contribution in [-0.4, -0.2) is 49.7 Å². The average molecular weight is 264 g/mol. The van der Waals surface area contributed by atoms with E-state index in [1.807, 2.05) is 18.9 Å². The third-order valence-electron chi connectivity index (χ3n) is 3.76. The fraction of sp³-hybridized carbons (Fsp3) is 0.667. The lowest BCUT2D eigenvalue weighted by molar-refractivity contribution is -0.133. The topological polar surface area (TPSA) is 41.6 Å². The van der Waals surface area contributed by atoms with Gasteiger partial charge in [0.15, 0.2) is 0 Å². The molecule has 1 saturated heterocycles. The van der Waals surface area contributed by atoms with E-state index in [0.29, 0.717) is 19.7 Å². The van der Waals surface area contributed by atoms with Crippen LogP contribution in [0.1, 0.15) is 20.8 Å². The zero-order chi connectivity index (χ0) is 14.0. The van der Waals surface area contributed by atoms with Gasteiger partial charge in [-0.1, -0.05) is 32.1 Å². The predicted molar refractivity (Wildman–Crippen MR) is 75.8 cm³/mol. The van der Waals surface area contributed by atoms with E-state index in [-0.39, 0.29) is 23.5 Å². The molecule has 106 valence electrons. The minimum atomic E-state index is -0.249. The molecule has 2 aliphatic rings. The third-order valence-corrected chi connectivity index (χ3v) is 3.76. The molecule has 0 radical (unpaired) electrons. The van der Waals surface area contributed by atoms with Gasteiger partial charge in [0, 0.05) is 18.5 Å². The molecule has 1 N–H and O–H groups in total. The Bertz CT molecular complexity index is 412. The zero-order valence-electron chi connectivity index (χ0n) is 12.3. The van der Waals surface area contributed by atoms with Crippen LogP contribution in [0.25, 0.3) is 0 Å². The monoisotopic (exact) mass is 264 g/mol. The summed E-state index contributed by atoms with van der Waals surface area (Å²) >= 11 is 0. The number of carbonyl (C=O) groups is 1. The first-order valence-corrected chi connectivity index (χ1v) is 6.91. The van der Waals surface area contributed by atoms with Crippen molar-refractivity contribution in [1.29, 1.82) is 0 Å². The highest BCUT2D eigenvalue weighted by Crippen LogP contribution is 2.28. The Labute approximate surface area is 115 Å². The minimum Gasteiger partial charge on any atom is -0.374 e. The molecule has 2 rings (SSSR count). The standard InChI is InChI=1S/C15H24N2O2/c1-11-13(16-4)14(18)17(7-8-19-11)10-12-5-6-15(2,3)9-12/h5-6,9,11,13,16H,7-8,10H2,1-4H3. The Morgan fingerprint density at radius 2 is 2.26 bits per heavy atom. The molecule has 1 aliphatic carbocycles. The number of nitrogens with zero attached hydrogens (tertiary/aromatic N) is 1. The summed E-state index contributed by atoms with van der Waals surface area (Å²) in [5.41, 5.74) is 1.32. The van der Waals surface area contributed by atoms with Crippen LogP contribution in [-0.2, 0) is 9.53 Å². The van der Waals surface area contributed by atoms with Crippen LogP contribution < -0.4 is 5.32 Å². The van der Waals surface area contributed by atoms with Crippen molar-refractivity contribution in [1.82, 2.24) is 10.2 Å². The van der Waals surface area contributed by atoms with Crippen molar-refractivity contribution in [2.24, 2.45) is 5.41 Å². The summed E-state index contributed by atoms with van der Waals surface area (Å²) < 4.78 is 5.65. The van der Waals surface area contributed by atoms with Crippen LogP contribution in [0.2, 0.25) is 0 Å². The fourth-order valence-electron chi connectivity index (χ4n) is 2.68. The lowest BCUT2D eigenvalue weighted by Gasteiger charge is -2.25. The SMILES string of the molecule is CNC1C(=O)N(CC2=CC(C)(C)C=C2)CCOC1C. The Morgan fingerprint density at radius 3 is 2.84 bits per heavy atom. The molecule has 1 aliphatic heterocycles. The Morgan fingerprint density at radius 1 is 1.53 bits per heavy atom. The van der Waals surface area contributed by atoms with E-state index in [1.54, 1.807) is 0 Å². The molecule has 1 amide bonds. The summed E-state index contributed by atoms with van der Waals surface area (Å²) in [5.74, 6) is 0.131. The van der Waals surface area contributed by atoms with Crippen LogP contribution in [0.5, 0.6) is 0 Å². The first-order chi connectivity index (χ1) is 8.93. The summed E-state index contributed by atoms with van der Waals surface area (Å²) in [6, 6.07) is -0.249. The molecule has 4 nitrogen and oxygen atoms in total. The van der Waals surface area contributed by atoms with Crippen LogP contribution in [0.3, 0.4) is 0 Å². The van der Waals surface area contributed by atoms with Crippen molar-refractivity contribution in [3.8, 4) is 0 Å². The second-order valence-electron chi connectivity index (χ2n) is 5.98. The number of ether oxygens (including phenoxy) is 1. The van der Waals surface area contributed by atoms with Crippen LogP contribution in [0.15, 0.2) is 23.8 Å². The lowest BCUT2D eigenvalue weighted by atomic mass is 9.96. The largest absolute Gasteiger partial charge is 0.374 e. The van der Waals surface area contributed by atoms with Crippen molar-refractivity contribution in [2.45, 2.75) is 32.9 Å². The van der Waals surface area contributed by atoms with Gasteiger partial charge in [0.05, 0.1) is 12.7 Å². The van der Waals surface area contributed by atoms with E-state index in [9.17, 15) is 4.79 Å². The maximum Gasteiger partial charge on any atom is 0.242 e. The number of rotatable bonds is 3. The highest BCUT2D eigenvalue weighted by Gasteiger charge is 2.32. The quantitative estimate of drug-likeness (QED) is 0.836. The molecule has 1 fully saturated rings. The Kier molecular flexibility index (Phi) is 4.11. The van der Waals surface area contributed by atoms with Crippen molar-refractivity contribution in [2.75, 3.05) is 26.7 Å². The third kappa shape index (κ3) is 3.25. The van der Waals surface area contributed by atoms with E-state index in [2.05, 4.69) is 37.4 Å². The first kappa shape index (κ1) is 14.3. The van der Waals surface area contributed by atoms with Gasteiger partial charge in [-0.15, -0.1) is 0 Å². The molecule has 0 aromatic rings. The Hall–Kier alpha value is -1.13. The van der Waals surface area contributed by atoms with Gasteiger partial charge in [-0.25, -0.2) is 0 Å². The van der Waals surface area contributed by atoms with Gasteiger partial charge in [-0.05, 0) is 19.5 Å². The molecule has 19 heavy (non-hydrogen) atoms. The fourth-order valence-corrected chi connectivity index (χ4v) is 2.68. The second-order valence-corrected chi connectivity index (χ2v) is 5.98. The van der Waals surface area contributed by atoms with Gasteiger partial charge in [0.1, 0.15) is 6.04 Å². The summed E-state index contributed by atoms with van der Waals surface area (Å²) in [5, 5.41) is 3.06. The highest BCUT2D eigenvalue weighted by molar-refractivity contribution is 5.83. The van der Waals surface area contributed by atoms with Gasteiger partial charge in [-0.3, -0.25) is 4.79 Å². The van der Waals surface area contributed by atoms with E-state index >= 15 is 0 Å². The molecule has 0 aromatic heterocycles.